The molecule has 28 heavy (non-hydrogen) atoms. The molecular weight excluding hydrogens is 362 g/mol. The van der Waals surface area contributed by atoms with Crippen molar-refractivity contribution in [2.45, 2.75) is 25.6 Å². The number of hydrogen-bond donors (Lipinski definition) is 2. The molecule has 152 valence electrons. The fourth-order valence-electron chi connectivity index (χ4n) is 2.65. The van der Waals surface area contributed by atoms with E-state index in [0.717, 1.165) is 11.1 Å². The van der Waals surface area contributed by atoms with Crippen molar-refractivity contribution in [3.63, 3.8) is 0 Å². The van der Waals surface area contributed by atoms with Crippen molar-refractivity contribution in [2.75, 3.05) is 27.4 Å². The zero-order chi connectivity index (χ0) is 20.4. The van der Waals surface area contributed by atoms with Gasteiger partial charge in [0.05, 0.1) is 14.2 Å². The molecule has 0 radical (unpaired) electrons. The first-order chi connectivity index (χ1) is 13.6. The number of aliphatic hydroxyl groups is 1. The molecule has 0 aliphatic carbocycles. The van der Waals surface area contributed by atoms with Gasteiger partial charge >= 0.3 is 0 Å². The Balaban J connectivity index is 1.91. The number of aliphatic hydroxyl groups excluding tert-OH is 1. The van der Waals surface area contributed by atoms with Crippen LogP contribution in [0, 0.1) is 0 Å². The van der Waals surface area contributed by atoms with E-state index in [4.69, 9.17) is 14.2 Å². The maximum absolute atomic E-state index is 11.9. The molecule has 7 nitrogen and oxygen atoms in total. The largest absolute Gasteiger partial charge is 0.497 e. The number of amides is 1. The monoisotopic (exact) mass is 389 g/mol. The third-order valence-electron chi connectivity index (χ3n) is 4.09. The Morgan fingerprint density at radius 1 is 1.11 bits per heavy atom. The van der Waals surface area contributed by atoms with Crippen LogP contribution in [-0.4, -0.2) is 44.6 Å². The Morgan fingerprint density at radius 3 is 2.50 bits per heavy atom. The summed E-state index contributed by atoms with van der Waals surface area (Å²) in [5.74, 6) is 0.980. The first-order valence-corrected chi connectivity index (χ1v) is 9.05. The van der Waals surface area contributed by atoms with Crippen LogP contribution in [0.2, 0.25) is 0 Å². The van der Waals surface area contributed by atoms with E-state index in [9.17, 15) is 9.90 Å². The van der Waals surface area contributed by atoms with Gasteiger partial charge in [-0.15, -0.1) is 0 Å². The zero-order valence-corrected chi connectivity index (χ0v) is 16.4. The van der Waals surface area contributed by atoms with Gasteiger partial charge in [-0.25, -0.2) is 5.48 Å². The summed E-state index contributed by atoms with van der Waals surface area (Å²) in [5, 5.41) is 10.3. The van der Waals surface area contributed by atoms with Crippen LogP contribution in [0.15, 0.2) is 48.5 Å². The average Bonchev–Trinajstić information content (AvgIpc) is 2.72. The number of nitrogens with one attached hydrogen (secondary N) is 1. The molecule has 0 aliphatic rings. The first-order valence-electron chi connectivity index (χ1n) is 9.05. The van der Waals surface area contributed by atoms with E-state index in [1.165, 1.54) is 7.11 Å². The molecule has 2 N–H and O–H groups in total. The van der Waals surface area contributed by atoms with Gasteiger partial charge in [-0.05, 0) is 42.3 Å². The normalized spacial score (nSPS) is 12.9. The molecule has 2 aromatic carbocycles. The number of hydrogen-bond acceptors (Lipinski definition) is 6. The van der Waals surface area contributed by atoms with Crippen molar-refractivity contribution >= 4 is 5.91 Å². The lowest BCUT2D eigenvalue weighted by atomic mass is 10.1. The summed E-state index contributed by atoms with van der Waals surface area (Å²) < 4.78 is 16.3. The van der Waals surface area contributed by atoms with Crippen LogP contribution in [0.25, 0.3) is 0 Å². The highest BCUT2D eigenvalue weighted by Gasteiger charge is 2.19. The summed E-state index contributed by atoms with van der Waals surface area (Å²) in [5.41, 5.74) is 3.94. The lowest BCUT2D eigenvalue weighted by Gasteiger charge is -2.16. The van der Waals surface area contributed by atoms with Crippen LogP contribution in [0.3, 0.4) is 0 Å². The topological polar surface area (TPSA) is 86.3 Å². The fourth-order valence-corrected chi connectivity index (χ4v) is 2.65. The van der Waals surface area contributed by atoms with Gasteiger partial charge in [0.1, 0.15) is 30.3 Å². The fraction of sp³-hybridized carbons (Fsp3) is 0.381. The van der Waals surface area contributed by atoms with Crippen LogP contribution in [0.4, 0.5) is 0 Å². The van der Waals surface area contributed by atoms with E-state index in [1.807, 2.05) is 37.3 Å². The minimum atomic E-state index is -0.769. The molecular formula is C21H27NO6. The van der Waals surface area contributed by atoms with Gasteiger partial charge in [0.2, 0.25) is 0 Å². The lowest BCUT2D eigenvalue weighted by Crippen LogP contribution is -2.37. The van der Waals surface area contributed by atoms with Crippen LogP contribution >= 0.6 is 0 Å². The van der Waals surface area contributed by atoms with Gasteiger partial charge in [0, 0.05) is 13.0 Å². The summed E-state index contributed by atoms with van der Waals surface area (Å²) in [6.07, 6.45) is -0.989. The quantitative estimate of drug-likeness (QED) is 0.574. The third kappa shape index (κ3) is 6.53. The third-order valence-corrected chi connectivity index (χ3v) is 4.09. The minimum absolute atomic E-state index is 0.115. The number of benzene rings is 2. The predicted octanol–water partition coefficient (Wildman–Crippen LogP) is 2.43. The second-order valence-electron chi connectivity index (χ2n) is 6.07. The molecule has 1 amide bonds. The molecule has 0 bridgehead atoms. The number of methoxy groups -OCH3 is 1. The van der Waals surface area contributed by atoms with Crippen LogP contribution in [0.1, 0.15) is 24.2 Å². The molecule has 0 aliphatic heterocycles. The van der Waals surface area contributed by atoms with Crippen molar-refractivity contribution < 1.29 is 28.9 Å². The summed E-state index contributed by atoms with van der Waals surface area (Å²) >= 11 is 0. The van der Waals surface area contributed by atoms with Gasteiger partial charge in [0.15, 0.2) is 0 Å². The van der Waals surface area contributed by atoms with Gasteiger partial charge in [0.25, 0.3) is 5.91 Å². The van der Waals surface area contributed by atoms with E-state index >= 15 is 0 Å². The summed E-state index contributed by atoms with van der Waals surface area (Å²) in [7, 11) is 2.96. The number of hydroxylamine groups is 1. The van der Waals surface area contributed by atoms with Crippen molar-refractivity contribution in [3.8, 4) is 11.5 Å². The Labute approximate surface area is 165 Å². The Hall–Kier alpha value is -2.61. The second kappa shape index (κ2) is 11.3. The molecule has 2 atom stereocenters. The highest BCUT2D eigenvalue weighted by atomic mass is 16.6. The highest BCUT2D eigenvalue weighted by molar-refractivity contribution is 5.80. The van der Waals surface area contributed by atoms with Gasteiger partial charge < -0.3 is 19.3 Å². The molecule has 7 heteroatoms. The van der Waals surface area contributed by atoms with E-state index in [0.29, 0.717) is 24.5 Å². The maximum atomic E-state index is 11.9. The lowest BCUT2D eigenvalue weighted by molar-refractivity contribution is -0.143. The summed E-state index contributed by atoms with van der Waals surface area (Å²) in [4.78, 5) is 16.6. The van der Waals surface area contributed by atoms with Gasteiger partial charge in [-0.2, -0.15) is 0 Å². The van der Waals surface area contributed by atoms with Crippen LogP contribution < -0.4 is 15.0 Å². The van der Waals surface area contributed by atoms with E-state index in [1.54, 1.807) is 25.3 Å². The van der Waals surface area contributed by atoms with Crippen LogP contribution in [-0.2, 0) is 20.8 Å². The highest BCUT2D eigenvalue weighted by Crippen LogP contribution is 2.21. The van der Waals surface area contributed by atoms with Gasteiger partial charge in [-0.1, -0.05) is 24.3 Å². The second-order valence-corrected chi connectivity index (χ2v) is 6.07. The molecule has 0 fully saturated rings. The van der Waals surface area contributed by atoms with Crippen molar-refractivity contribution in [3.05, 3.63) is 59.7 Å². The van der Waals surface area contributed by atoms with E-state index in [-0.39, 0.29) is 12.5 Å². The standard InChI is InChI=1S/C21H27NO6/c1-4-27-20(21(24)22-26-3)12-15-8-10-17(11-9-15)28-14-19(23)16-6-5-7-18(13-16)25-2/h5-11,13,19-20,23H,4,12,14H2,1-3H3,(H,22,24)/t19-,20-/m0/s1. The van der Waals surface area contributed by atoms with Crippen molar-refractivity contribution in [1.29, 1.82) is 0 Å². The zero-order valence-electron chi connectivity index (χ0n) is 16.4. The number of carbonyl (C=O) groups is 1. The summed E-state index contributed by atoms with van der Waals surface area (Å²) in [6, 6.07) is 14.5. The molecule has 0 heterocycles. The average molecular weight is 389 g/mol. The summed E-state index contributed by atoms with van der Waals surface area (Å²) in [6.45, 7) is 2.37. The van der Waals surface area contributed by atoms with Crippen molar-refractivity contribution in [1.82, 2.24) is 5.48 Å². The molecule has 0 aromatic heterocycles. The molecule has 0 saturated heterocycles. The molecule has 0 unspecified atom stereocenters. The van der Waals surface area contributed by atoms with E-state index in [2.05, 4.69) is 10.3 Å². The molecule has 2 rings (SSSR count). The number of carbonyl (C=O) groups excluding carboxylic acids is 1. The van der Waals surface area contributed by atoms with Crippen molar-refractivity contribution in [2.24, 2.45) is 0 Å². The first kappa shape index (κ1) is 21.7. The predicted molar refractivity (Wildman–Crippen MR) is 104 cm³/mol. The SMILES string of the molecule is CCO[C@@H](Cc1ccc(OC[C@H](O)c2cccc(OC)c2)cc1)C(=O)NOC. The van der Waals surface area contributed by atoms with E-state index < -0.39 is 12.2 Å². The molecule has 0 spiro atoms. The number of ether oxygens (including phenoxy) is 3. The Morgan fingerprint density at radius 2 is 1.86 bits per heavy atom. The van der Waals surface area contributed by atoms with Gasteiger partial charge in [-0.3, -0.25) is 9.63 Å². The Bertz CT molecular complexity index is 734. The smallest absolute Gasteiger partial charge is 0.272 e. The maximum Gasteiger partial charge on any atom is 0.272 e. The van der Waals surface area contributed by atoms with Crippen LogP contribution in [0.5, 0.6) is 11.5 Å². The number of rotatable bonds is 11. The molecule has 2 aromatic rings. The minimum Gasteiger partial charge on any atom is -0.497 e. The molecule has 0 saturated carbocycles. The Kier molecular flexibility index (Phi) is 8.74.